The molecule has 1 aliphatic rings. The molecule has 0 spiro atoms. The minimum absolute atomic E-state index is 0.0786. The lowest BCUT2D eigenvalue weighted by atomic mass is 10.1. The van der Waals surface area contributed by atoms with Crippen molar-refractivity contribution in [1.29, 1.82) is 0 Å². The van der Waals surface area contributed by atoms with Crippen molar-refractivity contribution in [3.63, 3.8) is 0 Å². The Balaban J connectivity index is 1.51. The third kappa shape index (κ3) is 4.55. The normalized spacial score (nSPS) is 14.0. The van der Waals surface area contributed by atoms with E-state index in [2.05, 4.69) is 20.5 Å². The number of nitrogens with zero attached hydrogens (tertiary/aromatic N) is 3. The number of rotatable bonds is 8. The van der Waals surface area contributed by atoms with Crippen LogP contribution >= 0.6 is 11.6 Å². The van der Waals surface area contributed by atoms with E-state index in [1.807, 2.05) is 12.1 Å². The number of nitrogens with one attached hydrogen (secondary N) is 2. The van der Waals surface area contributed by atoms with Gasteiger partial charge in [-0.1, -0.05) is 25.4 Å². The number of amides is 1. The van der Waals surface area contributed by atoms with Gasteiger partial charge in [0.1, 0.15) is 10.7 Å². The van der Waals surface area contributed by atoms with Crippen LogP contribution in [0.3, 0.4) is 0 Å². The fraction of sp³-hybridized carbons (Fsp3) is 0.318. The van der Waals surface area contributed by atoms with Gasteiger partial charge in [-0.15, -0.1) is 0 Å². The molecule has 4 rings (SSSR count). The molecule has 168 valence electrons. The first-order chi connectivity index (χ1) is 15.3. The minimum Gasteiger partial charge on any atom is -0.322 e. The van der Waals surface area contributed by atoms with E-state index in [1.54, 1.807) is 26.0 Å². The number of carbonyl (C=O) groups excluding carboxylic acids is 1. The third-order valence-electron chi connectivity index (χ3n) is 5.38. The number of hydrogen-bond donors (Lipinski definition) is 2. The van der Waals surface area contributed by atoms with E-state index in [1.165, 1.54) is 22.5 Å². The highest BCUT2D eigenvalue weighted by Crippen LogP contribution is 2.38. The Kier molecular flexibility index (Phi) is 6.32. The number of carbonyl (C=O) groups is 1. The Hall–Kier alpha value is -2.75. The predicted octanol–water partition coefficient (Wildman–Crippen LogP) is 4.29. The summed E-state index contributed by atoms with van der Waals surface area (Å²) in [5.41, 5.74) is 1.61. The summed E-state index contributed by atoms with van der Waals surface area (Å²) < 4.78 is 27.0. The zero-order valence-corrected chi connectivity index (χ0v) is 19.4. The van der Waals surface area contributed by atoms with Crippen LogP contribution in [0.4, 0.5) is 5.69 Å². The molecule has 32 heavy (non-hydrogen) atoms. The maximum Gasteiger partial charge on any atom is 0.255 e. The largest absolute Gasteiger partial charge is 0.322 e. The van der Waals surface area contributed by atoms with Crippen LogP contribution in [0.2, 0.25) is 5.02 Å². The molecule has 1 aliphatic carbocycles. The van der Waals surface area contributed by atoms with E-state index in [9.17, 15) is 13.2 Å². The van der Waals surface area contributed by atoms with Gasteiger partial charge in [-0.2, -0.15) is 9.40 Å². The van der Waals surface area contributed by atoms with Crippen molar-refractivity contribution >= 4 is 33.2 Å². The number of H-pyrrole nitrogens is 1. The van der Waals surface area contributed by atoms with Gasteiger partial charge in [0, 0.05) is 35.8 Å². The summed E-state index contributed by atoms with van der Waals surface area (Å²) in [5.74, 6) is 1.59. The zero-order valence-electron chi connectivity index (χ0n) is 17.8. The minimum atomic E-state index is -3.79. The number of aromatic amines is 1. The first kappa shape index (κ1) is 22.4. The Morgan fingerprint density at radius 2 is 1.84 bits per heavy atom. The Morgan fingerprint density at radius 3 is 2.47 bits per heavy atom. The highest BCUT2D eigenvalue weighted by Gasteiger charge is 2.27. The Labute approximate surface area is 192 Å². The highest BCUT2D eigenvalue weighted by molar-refractivity contribution is 7.89. The first-order valence-electron chi connectivity index (χ1n) is 10.5. The molecule has 2 aromatic carbocycles. The van der Waals surface area contributed by atoms with E-state index in [0.717, 1.165) is 24.2 Å². The topological polar surface area (TPSA) is 108 Å². The van der Waals surface area contributed by atoms with Crippen LogP contribution in [0.25, 0.3) is 11.4 Å². The van der Waals surface area contributed by atoms with Crippen LogP contribution in [0, 0.1) is 0 Å². The van der Waals surface area contributed by atoms with Gasteiger partial charge in [0.2, 0.25) is 10.0 Å². The summed E-state index contributed by atoms with van der Waals surface area (Å²) >= 11 is 6.15. The molecule has 1 aromatic heterocycles. The summed E-state index contributed by atoms with van der Waals surface area (Å²) in [6.07, 6.45) is 2.28. The van der Waals surface area contributed by atoms with E-state index >= 15 is 0 Å². The van der Waals surface area contributed by atoms with Crippen molar-refractivity contribution < 1.29 is 13.2 Å². The van der Waals surface area contributed by atoms with E-state index in [4.69, 9.17) is 11.6 Å². The van der Waals surface area contributed by atoms with Gasteiger partial charge in [-0.25, -0.2) is 13.4 Å². The van der Waals surface area contributed by atoms with E-state index in [0.29, 0.717) is 30.5 Å². The quantitative estimate of drug-likeness (QED) is 0.507. The molecular formula is C22H24ClN5O3S. The molecule has 2 N–H and O–H groups in total. The van der Waals surface area contributed by atoms with Gasteiger partial charge in [-0.3, -0.25) is 9.89 Å². The number of aromatic nitrogens is 3. The zero-order chi connectivity index (χ0) is 22.9. The fourth-order valence-corrected chi connectivity index (χ4v) is 5.35. The lowest BCUT2D eigenvalue weighted by Gasteiger charge is -2.19. The van der Waals surface area contributed by atoms with Gasteiger partial charge in [0.25, 0.3) is 5.91 Å². The fourth-order valence-electron chi connectivity index (χ4n) is 3.39. The molecule has 8 nitrogen and oxygen atoms in total. The molecule has 3 aromatic rings. The molecular weight excluding hydrogens is 450 g/mol. The van der Waals surface area contributed by atoms with Gasteiger partial charge >= 0.3 is 0 Å². The van der Waals surface area contributed by atoms with Crippen LogP contribution in [-0.2, 0) is 10.0 Å². The number of halogens is 1. The smallest absolute Gasteiger partial charge is 0.255 e. The standard InChI is InChI=1S/C22H24ClN5O3S/c1-3-28(4-2)32(30,31)19-13-16(9-12-18(19)23)22(29)24-17-10-7-15(8-11-17)21-25-20(26-27-21)14-5-6-14/h7-14H,3-6H2,1-2H3,(H,24,29)(H,25,26,27). The molecule has 0 aliphatic heterocycles. The van der Waals surface area contributed by atoms with Crippen LogP contribution < -0.4 is 5.32 Å². The van der Waals surface area contributed by atoms with Crippen molar-refractivity contribution in [3.05, 3.63) is 58.9 Å². The summed E-state index contributed by atoms with van der Waals surface area (Å²) in [7, 11) is -3.79. The van der Waals surface area contributed by atoms with Crippen LogP contribution in [0.15, 0.2) is 47.4 Å². The second-order valence-electron chi connectivity index (χ2n) is 7.58. The van der Waals surface area contributed by atoms with E-state index in [-0.39, 0.29) is 15.5 Å². The number of benzene rings is 2. The molecule has 1 amide bonds. The van der Waals surface area contributed by atoms with Crippen molar-refractivity contribution in [2.45, 2.75) is 37.5 Å². The monoisotopic (exact) mass is 473 g/mol. The highest BCUT2D eigenvalue weighted by atomic mass is 35.5. The Bertz CT molecular complexity index is 1230. The molecule has 0 radical (unpaired) electrons. The molecule has 1 fully saturated rings. The lowest BCUT2D eigenvalue weighted by Crippen LogP contribution is -2.31. The van der Waals surface area contributed by atoms with Crippen molar-refractivity contribution in [1.82, 2.24) is 19.5 Å². The first-order valence-corrected chi connectivity index (χ1v) is 12.3. The van der Waals surface area contributed by atoms with Gasteiger partial charge in [0.05, 0.1) is 5.02 Å². The maximum absolute atomic E-state index is 12.9. The van der Waals surface area contributed by atoms with Gasteiger partial charge in [0.15, 0.2) is 5.82 Å². The predicted molar refractivity (Wildman–Crippen MR) is 123 cm³/mol. The lowest BCUT2D eigenvalue weighted by molar-refractivity contribution is 0.102. The SMILES string of the molecule is CCN(CC)S(=O)(=O)c1cc(C(=O)Nc2ccc(-c3n[nH]c(C4CC4)n3)cc2)ccc1Cl. The summed E-state index contributed by atoms with van der Waals surface area (Å²) in [5, 5.41) is 10.1. The second-order valence-corrected chi connectivity index (χ2v) is 9.90. The average Bonchev–Trinajstić information content (AvgIpc) is 3.51. The molecule has 0 unspecified atom stereocenters. The van der Waals surface area contributed by atoms with E-state index < -0.39 is 15.9 Å². The Morgan fingerprint density at radius 1 is 1.16 bits per heavy atom. The van der Waals surface area contributed by atoms with Crippen molar-refractivity contribution in [2.24, 2.45) is 0 Å². The summed E-state index contributed by atoms with van der Waals surface area (Å²) in [6.45, 7) is 4.12. The average molecular weight is 474 g/mol. The molecule has 0 bridgehead atoms. The molecule has 1 heterocycles. The van der Waals surface area contributed by atoms with Crippen molar-refractivity contribution in [2.75, 3.05) is 18.4 Å². The van der Waals surface area contributed by atoms with Crippen LogP contribution in [0.1, 0.15) is 48.8 Å². The second kappa shape index (κ2) is 9.01. The summed E-state index contributed by atoms with van der Waals surface area (Å²) in [4.78, 5) is 17.2. The van der Waals surface area contributed by atoms with Gasteiger partial charge < -0.3 is 5.32 Å². The number of sulfonamides is 1. The van der Waals surface area contributed by atoms with Crippen molar-refractivity contribution in [3.8, 4) is 11.4 Å². The third-order valence-corrected chi connectivity index (χ3v) is 7.92. The molecule has 10 heteroatoms. The molecule has 1 saturated carbocycles. The maximum atomic E-state index is 12.9. The molecule has 0 saturated heterocycles. The van der Waals surface area contributed by atoms with Gasteiger partial charge in [-0.05, 0) is 55.3 Å². The molecule has 0 atom stereocenters. The number of hydrogen-bond acceptors (Lipinski definition) is 5. The van der Waals surface area contributed by atoms with Crippen LogP contribution in [0.5, 0.6) is 0 Å². The summed E-state index contributed by atoms with van der Waals surface area (Å²) in [6, 6.07) is 11.4. The number of anilines is 1. The van der Waals surface area contributed by atoms with Crippen LogP contribution in [-0.4, -0.2) is 46.9 Å².